The molecule has 3 aromatic rings. The van der Waals surface area contributed by atoms with Gasteiger partial charge in [0.2, 0.25) is 11.7 Å². The third kappa shape index (κ3) is 4.12. The summed E-state index contributed by atoms with van der Waals surface area (Å²) < 4.78 is 9.12. The zero-order chi connectivity index (χ0) is 20.2. The number of amides is 1. The maximum atomic E-state index is 12.8. The fourth-order valence-corrected chi connectivity index (χ4v) is 3.95. The molecule has 152 valence electrons. The Morgan fingerprint density at radius 3 is 2.69 bits per heavy atom. The fraction of sp³-hybridized carbons (Fsp3) is 0.474. The van der Waals surface area contributed by atoms with E-state index in [0.717, 1.165) is 43.0 Å². The Labute approximate surface area is 172 Å². The number of aromatic nitrogens is 5. The summed E-state index contributed by atoms with van der Waals surface area (Å²) in [6.07, 6.45) is 4.20. The second-order valence-corrected chi connectivity index (χ2v) is 7.60. The van der Waals surface area contributed by atoms with Crippen LogP contribution in [0.3, 0.4) is 0 Å². The van der Waals surface area contributed by atoms with Gasteiger partial charge >= 0.3 is 0 Å². The van der Waals surface area contributed by atoms with Crippen molar-refractivity contribution >= 4 is 23.3 Å². The van der Waals surface area contributed by atoms with Gasteiger partial charge in [-0.15, -0.1) is 5.10 Å². The lowest BCUT2D eigenvalue weighted by Gasteiger charge is -2.35. The second kappa shape index (κ2) is 8.64. The first-order valence-electron chi connectivity index (χ1n) is 9.84. The molecule has 4 rings (SSSR count). The van der Waals surface area contributed by atoms with Crippen LogP contribution in [0.1, 0.15) is 41.5 Å². The molecule has 0 spiro atoms. The van der Waals surface area contributed by atoms with Gasteiger partial charge in [-0.1, -0.05) is 29.9 Å². The molecule has 29 heavy (non-hydrogen) atoms. The molecule has 1 aliphatic heterocycles. The van der Waals surface area contributed by atoms with E-state index in [0.29, 0.717) is 36.1 Å². The minimum absolute atomic E-state index is 0.0373. The van der Waals surface area contributed by atoms with E-state index < -0.39 is 0 Å². The van der Waals surface area contributed by atoms with E-state index in [1.807, 2.05) is 24.0 Å². The monoisotopic (exact) mass is 413 g/mol. The molecule has 1 saturated heterocycles. The Hall–Kier alpha value is -2.88. The van der Waals surface area contributed by atoms with Crippen LogP contribution in [0.25, 0.3) is 11.4 Å². The van der Waals surface area contributed by atoms with Crippen molar-refractivity contribution in [2.75, 3.05) is 31.1 Å². The summed E-state index contributed by atoms with van der Waals surface area (Å²) in [5.41, 5.74) is 1.64. The first-order valence-corrected chi connectivity index (χ1v) is 10.6. The highest BCUT2D eigenvalue weighted by atomic mass is 32.1. The summed E-state index contributed by atoms with van der Waals surface area (Å²) in [7, 11) is 0. The number of piperazine rings is 1. The van der Waals surface area contributed by atoms with Crippen LogP contribution in [-0.4, -0.2) is 61.7 Å². The van der Waals surface area contributed by atoms with E-state index in [-0.39, 0.29) is 5.91 Å². The van der Waals surface area contributed by atoms with Gasteiger partial charge in [-0.2, -0.15) is 4.98 Å². The van der Waals surface area contributed by atoms with Gasteiger partial charge < -0.3 is 14.3 Å². The summed E-state index contributed by atoms with van der Waals surface area (Å²) >= 11 is 1.19. The van der Waals surface area contributed by atoms with Crippen LogP contribution in [0.4, 0.5) is 5.82 Å². The van der Waals surface area contributed by atoms with Gasteiger partial charge in [-0.25, -0.2) is 4.98 Å². The lowest BCUT2D eigenvalue weighted by molar-refractivity contribution is 0.0750. The van der Waals surface area contributed by atoms with Crippen molar-refractivity contribution < 1.29 is 9.32 Å². The number of hydrogen-bond acceptors (Lipinski definition) is 9. The molecule has 9 nitrogen and oxygen atoms in total. The van der Waals surface area contributed by atoms with Gasteiger partial charge in [-0.3, -0.25) is 4.79 Å². The Kier molecular flexibility index (Phi) is 5.79. The van der Waals surface area contributed by atoms with Crippen molar-refractivity contribution in [3.63, 3.8) is 0 Å². The molecule has 4 heterocycles. The van der Waals surface area contributed by atoms with Gasteiger partial charge in [0.25, 0.3) is 5.91 Å². The summed E-state index contributed by atoms with van der Waals surface area (Å²) in [5.74, 6) is 2.09. The van der Waals surface area contributed by atoms with Crippen molar-refractivity contribution in [2.45, 2.75) is 33.1 Å². The van der Waals surface area contributed by atoms with E-state index in [1.165, 1.54) is 11.5 Å². The Morgan fingerprint density at radius 2 is 2.03 bits per heavy atom. The van der Waals surface area contributed by atoms with E-state index in [1.54, 1.807) is 6.20 Å². The van der Waals surface area contributed by atoms with E-state index in [2.05, 4.69) is 36.5 Å². The van der Waals surface area contributed by atoms with Crippen LogP contribution < -0.4 is 4.90 Å². The van der Waals surface area contributed by atoms with Crippen LogP contribution >= 0.6 is 11.5 Å². The topological polar surface area (TPSA) is 101 Å². The molecule has 0 unspecified atom stereocenters. The summed E-state index contributed by atoms with van der Waals surface area (Å²) in [6.45, 7) is 6.81. The summed E-state index contributed by atoms with van der Waals surface area (Å²) in [6, 6.07) is 3.91. The van der Waals surface area contributed by atoms with Crippen molar-refractivity contribution in [2.24, 2.45) is 0 Å². The minimum Gasteiger partial charge on any atom is -0.353 e. The molecule has 0 aromatic carbocycles. The van der Waals surface area contributed by atoms with Gasteiger partial charge in [0.1, 0.15) is 10.7 Å². The quantitative estimate of drug-likeness (QED) is 0.607. The highest BCUT2D eigenvalue weighted by Crippen LogP contribution is 2.21. The van der Waals surface area contributed by atoms with Gasteiger partial charge in [0.15, 0.2) is 0 Å². The Balaban J connectivity index is 1.38. The molecular formula is C19H23N7O2S. The maximum Gasteiger partial charge on any atom is 0.267 e. The molecular weight excluding hydrogens is 390 g/mol. The van der Waals surface area contributed by atoms with Crippen LogP contribution in [0.15, 0.2) is 22.9 Å². The van der Waals surface area contributed by atoms with Gasteiger partial charge in [-0.05, 0) is 30.1 Å². The lowest BCUT2D eigenvalue weighted by Crippen LogP contribution is -2.49. The molecule has 3 aromatic heterocycles. The Morgan fingerprint density at radius 1 is 1.21 bits per heavy atom. The average Bonchev–Trinajstić information content (AvgIpc) is 3.43. The predicted octanol–water partition coefficient (Wildman–Crippen LogP) is 2.46. The van der Waals surface area contributed by atoms with Crippen LogP contribution in [0.5, 0.6) is 0 Å². The number of anilines is 1. The predicted molar refractivity (Wildman–Crippen MR) is 109 cm³/mol. The largest absolute Gasteiger partial charge is 0.353 e. The van der Waals surface area contributed by atoms with Crippen molar-refractivity contribution in [1.82, 2.24) is 29.6 Å². The molecule has 0 N–H and O–H groups in total. The van der Waals surface area contributed by atoms with Gasteiger partial charge in [0.05, 0.1) is 5.69 Å². The molecule has 0 atom stereocenters. The highest BCUT2D eigenvalue weighted by Gasteiger charge is 2.26. The third-order valence-electron chi connectivity index (χ3n) is 4.90. The van der Waals surface area contributed by atoms with E-state index in [4.69, 9.17) is 4.52 Å². The number of rotatable bonds is 6. The Bertz CT molecular complexity index is 961. The SMILES string of the molecule is CCCc1nnsc1C(=O)N1CCN(c2ccc(-c3noc(CC)n3)cn2)CC1. The molecule has 1 fully saturated rings. The standard InChI is InChI=1S/C19H23N7O2S/c1-3-5-14-17(29-24-22-14)19(27)26-10-8-25(9-11-26)15-7-6-13(12-20-15)18-21-16(4-2)28-23-18/h6-7,12H,3-5,8-11H2,1-2H3. The molecule has 0 aliphatic carbocycles. The maximum absolute atomic E-state index is 12.8. The lowest BCUT2D eigenvalue weighted by atomic mass is 10.2. The summed E-state index contributed by atoms with van der Waals surface area (Å²) in [5, 5.41) is 8.09. The second-order valence-electron chi connectivity index (χ2n) is 6.85. The molecule has 0 radical (unpaired) electrons. The molecule has 1 amide bonds. The minimum atomic E-state index is 0.0373. The number of nitrogens with zero attached hydrogens (tertiary/aromatic N) is 7. The van der Waals surface area contributed by atoms with E-state index in [9.17, 15) is 4.79 Å². The number of carbonyl (C=O) groups excluding carboxylic acids is 1. The van der Waals surface area contributed by atoms with Crippen LogP contribution in [-0.2, 0) is 12.8 Å². The summed E-state index contributed by atoms with van der Waals surface area (Å²) in [4.78, 5) is 26.4. The normalized spacial score (nSPS) is 14.4. The van der Waals surface area contributed by atoms with Gasteiger partial charge in [0, 0.05) is 44.4 Å². The first-order chi connectivity index (χ1) is 14.2. The molecule has 10 heteroatoms. The van der Waals surface area contributed by atoms with Crippen LogP contribution in [0.2, 0.25) is 0 Å². The molecule has 0 bridgehead atoms. The third-order valence-corrected chi connectivity index (χ3v) is 5.66. The fourth-order valence-electron chi connectivity index (χ4n) is 3.27. The van der Waals surface area contributed by atoms with Crippen molar-refractivity contribution in [1.29, 1.82) is 0 Å². The number of aryl methyl sites for hydroxylation is 2. The zero-order valence-electron chi connectivity index (χ0n) is 16.5. The number of carbonyl (C=O) groups is 1. The van der Waals surface area contributed by atoms with Crippen LogP contribution in [0, 0.1) is 0 Å². The smallest absolute Gasteiger partial charge is 0.267 e. The highest BCUT2D eigenvalue weighted by molar-refractivity contribution is 7.08. The zero-order valence-corrected chi connectivity index (χ0v) is 17.4. The average molecular weight is 414 g/mol. The molecule has 0 saturated carbocycles. The van der Waals surface area contributed by atoms with Crippen molar-refractivity contribution in [3.05, 3.63) is 34.8 Å². The van der Waals surface area contributed by atoms with Crippen molar-refractivity contribution in [3.8, 4) is 11.4 Å². The van der Waals surface area contributed by atoms with E-state index >= 15 is 0 Å². The first kappa shape index (κ1) is 19.4. The number of pyridine rings is 1. The number of hydrogen-bond donors (Lipinski definition) is 0. The molecule has 1 aliphatic rings.